The Kier molecular flexibility index (Phi) is 4.39. The van der Waals surface area contributed by atoms with Crippen LogP contribution in [-0.4, -0.2) is 46.7 Å². The first-order valence-corrected chi connectivity index (χ1v) is 5.39. The summed E-state index contributed by atoms with van der Waals surface area (Å²) in [5.74, 6) is 0. The van der Waals surface area contributed by atoms with E-state index in [1.54, 1.807) is 0 Å². The summed E-state index contributed by atoms with van der Waals surface area (Å²) in [5.41, 5.74) is 0. The van der Waals surface area contributed by atoms with Crippen LogP contribution in [0.25, 0.3) is 0 Å². The predicted molar refractivity (Wildman–Crippen MR) is 60.0 cm³/mol. The fourth-order valence-electron chi connectivity index (χ4n) is 1.56. The summed E-state index contributed by atoms with van der Waals surface area (Å²) in [6.07, 6.45) is 0. The number of piperazine rings is 1. The lowest BCUT2D eigenvalue weighted by molar-refractivity contribution is 0.104. The standard InChI is InChI=1S/C8H15N3S2/c1-7-6-11(8(12)13)5-4-10(7)3-2-9/h7-8,12-13H,3-6H2,1H3. The zero-order chi connectivity index (χ0) is 9.84. The minimum absolute atomic E-state index is 0.0201. The molecule has 1 unspecified atom stereocenters. The normalized spacial score (nSPS) is 26.2. The van der Waals surface area contributed by atoms with E-state index in [2.05, 4.69) is 48.1 Å². The van der Waals surface area contributed by atoms with Crippen molar-refractivity contribution in [3.63, 3.8) is 0 Å². The zero-order valence-electron chi connectivity index (χ0n) is 7.72. The van der Waals surface area contributed by atoms with Crippen LogP contribution in [0.3, 0.4) is 0 Å². The highest BCUT2D eigenvalue weighted by Gasteiger charge is 2.24. The highest BCUT2D eigenvalue weighted by molar-refractivity contribution is 7.99. The van der Waals surface area contributed by atoms with E-state index in [9.17, 15) is 0 Å². The quantitative estimate of drug-likeness (QED) is 0.405. The molecular weight excluding hydrogens is 202 g/mol. The molecule has 0 amide bonds. The molecule has 0 aromatic heterocycles. The molecule has 1 aliphatic rings. The minimum atomic E-state index is 0.0201. The van der Waals surface area contributed by atoms with Crippen molar-refractivity contribution < 1.29 is 0 Å². The molecule has 0 saturated carbocycles. The molecule has 74 valence electrons. The lowest BCUT2D eigenvalue weighted by Crippen LogP contribution is -2.52. The monoisotopic (exact) mass is 217 g/mol. The summed E-state index contributed by atoms with van der Waals surface area (Å²) in [5, 5.41) is 8.58. The van der Waals surface area contributed by atoms with Gasteiger partial charge in [0.2, 0.25) is 0 Å². The van der Waals surface area contributed by atoms with Gasteiger partial charge < -0.3 is 0 Å². The van der Waals surface area contributed by atoms with Crippen molar-refractivity contribution in [3.05, 3.63) is 0 Å². The van der Waals surface area contributed by atoms with E-state index >= 15 is 0 Å². The van der Waals surface area contributed by atoms with Crippen LogP contribution in [0.2, 0.25) is 0 Å². The summed E-state index contributed by atoms with van der Waals surface area (Å²) >= 11 is 8.54. The van der Waals surface area contributed by atoms with Gasteiger partial charge in [0.05, 0.1) is 17.3 Å². The second-order valence-electron chi connectivity index (χ2n) is 3.32. The van der Waals surface area contributed by atoms with Crippen LogP contribution in [0, 0.1) is 11.3 Å². The fourth-order valence-corrected chi connectivity index (χ4v) is 1.98. The van der Waals surface area contributed by atoms with Crippen LogP contribution in [0.5, 0.6) is 0 Å². The fraction of sp³-hybridized carbons (Fsp3) is 0.875. The predicted octanol–water partition coefficient (Wildman–Crippen LogP) is 0.659. The molecule has 0 bridgehead atoms. The Morgan fingerprint density at radius 2 is 2.23 bits per heavy atom. The first-order chi connectivity index (χ1) is 6.15. The van der Waals surface area contributed by atoms with Gasteiger partial charge in [-0.2, -0.15) is 5.26 Å². The zero-order valence-corrected chi connectivity index (χ0v) is 9.51. The largest absolute Gasteiger partial charge is 0.285 e. The molecule has 1 saturated heterocycles. The lowest BCUT2D eigenvalue weighted by Gasteiger charge is -2.39. The second-order valence-corrected chi connectivity index (χ2v) is 4.70. The Morgan fingerprint density at radius 3 is 2.69 bits per heavy atom. The van der Waals surface area contributed by atoms with Gasteiger partial charge in [-0.05, 0) is 6.92 Å². The molecule has 1 aliphatic heterocycles. The van der Waals surface area contributed by atoms with E-state index in [4.69, 9.17) is 5.26 Å². The first-order valence-electron chi connectivity index (χ1n) is 4.36. The van der Waals surface area contributed by atoms with Crippen LogP contribution < -0.4 is 0 Å². The van der Waals surface area contributed by atoms with Crippen LogP contribution in [0.1, 0.15) is 6.92 Å². The van der Waals surface area contributed by atoms with E-state index < -0.39 is 0 Å². The third-order valence-corrected chi connectivity index (χ3v) is 3.05. The van der Waals surface area contributed by atoms with Crippen LogP contribution in [-0.2, 0) is 0 Å². The van der Waals surface area contributed by atoms with E-state index in [0.29, 0.717) is 12.6 Å². The molecule has 5 heteroatoms. The van der Waals surface area contributed by atoms with E-state index in [-0.39, 0.29) is 4.71 Å². The topological polar surface area (TPSA) is 30.3 Å². The minimum Gasteiger partial charge on any atom is -0.285 e. The third-order valence-electron chi connectivity index (χ3n) is 2.40. The molecule has 0 aromatic carbocycles. The highest BCUT2D eigenvalue weighted by atomic mass is 32.2. The maximum atomic E-state index is 8.58. The Morgan fingerprint density at radius 1 is 1.54 bits per heavy atom. The number of nitrogens with zero attached hydrogens (tertiary/aromatic N) is 3. The van der Waals surface area contributed by atoms with Crippen LogP contribution in [0.4, 0.5) is 0 Å². The van der Waals surface area contributed by atoms with Gasteiger partial charge in [0.15, 0.2) is 0 Å². The maximum absolute atomic E-state index is 8.58. The van der Waals surface area contributed by atoms with Gasteiger partial charge in [0.25, 0.3) is 0 Å². The van der Waals surface area contributed by atoms with E-state index in [0.717, 1.165) is 19.6 Å². The Bertz CT molecular complexity index is 202. The third kappa shape index (κ3) is 3.06. The molecule has 3 nitrogen and oxygen atoms in total. The summed E-state index contributed by atoms with van der Waals surface area (Å²) in [7, 11) is 0. The van der Waals surface area contributed by atoms with Crippen molar-refractivity contribution in [1.29, 1.82) is 5.26 Å². The van der Waals surface area contributed by atoms with Crippen molar-refractivity contribution in [2.75, 3.05) is 26.2 Å². The van der Waals surface area contributed by atoms with Crippen molar-refractivity contribution in [2.45, 2.75) is 17.7 Å². The molecule has 0 radical (unpaired) electrons. The number of hydrogen-bond donors (Lipinski definition) is 2. The van der Waals surface area contributed by atoms with Crippen molar-refractivity contribution in [2.24, 2.45) is 0 Å². The summed E-state index contributed by atoms with van der Waals surface area (Å²) in [6.45, 7) is 5.49. The number of hydrogen-bond acceptors (Lipinski definition) is 5. The molecular formula is C8H15N3S2. The SMILES string of the molecule is CC1CN(C(S)S)CCN1CC#N. The Balaban J connectivity index is 2.43. The average Bonchev–Trinajstić information content (AvgIpc) is 2.08. The lowest BCUT2D eigenvalue weighted by atomic mass is 10.2. The molecule has 1 fully saturated rings. The molecule has 13 heavy (non-hydrogen) atoms. The van der Waals surface area contributed by atoms with E-state index in [1.165, 1.54) is 0 Å². The van der Waals surface area contributed by atoms with Crippen molar-refractivity contribution >= 4 is 25.3 Å². The Labute approximate surface area is 90.5 Å². The number of thiol groups is 2. The van der Waals surface area contributed by atoms with Crippen LogP contribution in [0.15, 0.2) is 0 Å². The van der Waals surface area contributed by atoms with Crippen molar-refractivity contribution in [3.8, 4) is 6.07 Å². The summed E-state index contributed by atoms with van der Waals surface area (Å²) < 4.78 is 0.0201. The van der Waals surface area contributed by atoms with Crippen molar-refractivity contribution in [1.82, 2.24) is 9.80 Å². The Hall–Kier alpha value is 0.110. The molecule has 1 heterocycles. The van der Waals surface area contributed by atoms with Gasteiger partial charge in [-0.1, -0.05) is 0 Å². The number of nitriles is 1. The van der Waals surface area contributed by atoms with Gasteiger partial charge >= 0.3 is 0 Å². The number of rotatable bonds is 2. The van der Waals surface area contributed by atoms with Gasteiger partial charge in [0.1, 0.15) is 0 Å². The highest BCUT2D eigenvalue weighted by Crippen LogP contribution is 2.15. The molecule has 0 N–H and O–H groups in total. The molecule has 1 atom stereocenters. The summed E-state index contributed by atoms with van der Waals surface area (Å²) in [6, 6.07) is 2.61. The van der Waals surface area contributed by atoms with Gasteiger partial charge in [-0.15, -0.1) is 25.3 Å². The van der Waals surface area contributed by atoms with Gasteiger partial charge in [-0.25, -0.2) is 0 Å². The molecule has 1 rings (SSSR count). The van der Waals surface area contributed by atoms with E-state index in [1.807, 2.05) is 0 Å². The first kappa shape index (κ1) is 11.2. The average molecular weight is 217 g/mol. The van der Waals surface area contributed by atoms with Gasteiger partial charge in [0, 0.05) is 25.7 Å². The summed E-state index contributed by atoms with van der Waals surface area (Å²) in [4.78, 5) is 4.38. The smallest absolute Gasteiger partial charge is 0.0970 e. The second kappa shape index (κ2) is 5.11. The van der Waals surface area contributed by atoms with Gasteiger partial charge in [-0.3, -0.25) is 9.80 Å². The molecule has 0 aliphatic carbocycles. The molecule has 0 aromatic rings. The molecule has 0 spiro atoms. The van der Waals surface area contributed by atoms with Crippen LogP contribution >= 0.6 is 25.3 Å². The maximum Gasteiger partial charge on any atom is 0.0970 e.